The third kappa shape index (κ3) is 4.11. The van der Waals surface area contributed by atoms with Crippen LogP contribution in [0.2, 0.25) is 0 Å². The van der Waals surface area contributed by atoms with Gasteiger partial charge >= 0.3 is 0 Å². The summed E-state index contributed by atoms with van der Waals surface area (Å²) < 4.78 is 10.8. The highest BCUT2D eigenvalue weighted by atomic mass is 16.5. The third-order valence-corrected chi connectivity index (χ3v) is 4.54. The van der Waals surface area contributed by atoms with Crippen molar-refractivity contribution in [1.29, 1.82) is 0 Å². The van der Waals surface area contributed by atoms with E-state index in [9.17, 15) is 4.79 Å². The molecule has 0 bridgehead atoms. The average molecular weight is 356 g/mol. The van der Waals surface area contributed by atoms with Crippen LogP contribution in [0.4, 0.5) is 0 Å². The number of methoxy groups -OCH3 is 2. The normalized spacial score (nSPS) is 15.0. The monoisotopic (exact) mass is 356 g/mol. The number of nitrogens with zero attached hydrogens (tertiary/aromatic N) is 4. The fraction of sp³-hybridized carbons (Fsp3) is 0.421. The van der Waals surface area contributed by atoms with Crippen LogP contribution in [0, 0.1) is 6.92 Å². The van der Waals surface area contributed by atoms with Crippen LogP contribution >= 0.6 is 0 Å². The molecule has 26 heavy (non-hydrogen) atoms. The molecule has 1 aromatic heterocycles. The number of amides is 1. The largest absolute Gasteiger partial charge is 0.497 e. The molecule has 7 heteroatoms. The van der Waals surface area contributed by atoms with Crippen LogP contribution in [0.25, 0.3) is 0 Å². The lowest BCUT2D eigenvalue weighted by Gasteiger charge is -2.34. The highest BCUT2D eigenvalue weighted by Crippen LogP contribution is 2.25. The van der Waals surface area contributed by atoms with Gasteiger partial charge in [0.15, 0.2) is 0 Å². The van der Waals surface area contributed by atoms with E-state index in [2.05, 4.69) is 14.9 Å². The Labute approximate surface area is 153 Å². The zero-order valence-corrected chi connectivity index (χ0v) is 15.4. The highest BCUT2D eigenvalue weighted by molar-refractivity contribution is 5.92. The SMILES string of the molecule is COc1ccc(OC)c(CN2CCN(C(=O)c3cnc(C)cn3)CC2)c1. The van der Waals surface area contributed by atoms with Crippen LogP contribution in [0.5, 0.6) is 11.5 Å². The molecule has 0 N–H and O–H groups in total. The van der Waals surface area contributed by atoms with Crippen molar-refractivity contribution in [3.05, 3.63) is 47.5 Å². The van der Waals surface area contributed by atoms with E-state index >= 15 is 0 Å². The van der Waals surface area contributed by atoms with Gasteiger partial charge in [0.2, 0.25) is 0 Å². The average Bonchev–Trinajstić information content (AvgIpc) is 2.68. The second kappa shape index (κ2) is 8.14. The van der Waals surface area contributed by atoms with Crippen LogP contribution in [0.15, 0.2) is 30.6 Å². The van der Waals surface area contributed by atoms with Gasteiger partial charge in [0.05, 0.1) is 26.1 Å². The number of benzene rings is 1. The lowest BCUT2D eigenvalue weighted by Crippen LogP contribution is -2.48. The van der Waals surface area contributed by atoms with E-state index < -0.39 is 0 Å². The first-order valence-corrected chi connectivity index (χ1v) is 8.62. The Bertz CT molecular complexity index is 756. The Balaban J connectivity index is 1.60. The second-order valence-electron chi connectivity index (χ2n) is 6.29. The minimum Gasteiger partial charge on any atom is -0.497 e. The molecule has 2 heterocycles. The van der Waals surface area contributed by atoms with E-state index in [1.54, 1.807) is 26.6 Å². The van der Waals surface area contributed by atoms with E-state index in [0.717, 1.165) is 42.4 Å². The molecule has 0 atom stereocenters. The maximum atomic E-state index is 12.5. The fourth-order valence-corrected chi connectivity index (χ4v) is 3.02. The molecule has 7 nitrogen and oxygen atoms in total. The van der Waals surface area contributed by atoms with Crippen LogP contribution in [-0.4, -0.2) is 66.1 Å². The zero-order chi connectivity index (χ0) is 18.5. The van der Waals surface area contributed by atoms with Crippen molar-refractivity contribution < 1.29 is 14.3 Å². The third-order valence-electron chi connectivity index (χ3n) is 4.54. The Morgan fingerprint density at radius 1 is 1.08 bits per heavy atom. The van der Waals surface area contributed by atoms with Crippen LogP contribution < -0.4 is 9.47 Å². The van der Waals surface area contributed by atoms with Gasteiger partial charge < -0.3 is 14.4 Å². The summed E-state index contributed by atoms with van der Waals surface area (Å²) in [7, 11) is 3.33. The topological polar surface area (TPSA) is 67.8 Å². The van der Waals surface area contributed by atoms with Crippen molar-refractivity contribution in [2.45, 2.75) is 13.5 Å². The van der Waals surface area contributed by atoms with Crippen molar-refractivity contribution in [1.82, 2.24) is 19.8 Å². The number of aromatic nitrogens is 2. The van der Waals surface area contributed by atoms with Gasteiger partial charge in [-0.25, -0.2) is 4.98 Å². The Morgan fingerprint density at radius 2 is 1.85 bits per heavy atom. The van der Waals surface area contributed by atoms with Crippen molar-refractivity contribution in [2.24, 2.45) is 0 Å². The molecule has 1 aromatic carbocycles. The first kappa shape index (κ1) is 18.1. The molecule has 1 fully saturated rings. The first-order valence-electron chi connectivity index (χ1n) is 8.62. The van der Waals surface area contributed by atoms with Gasteiger partial charge in [0.25, 0.3) is 5.91 Å². The zero-order valence-electron chi connectivity index (χ0n) is 15.4. The van der Waals surface area contributed by atoms with Crippen molar-refractivity contribution in [3.8, 4) is 11.5 Å². The van der Waals surface area contributed by atoms with E-state index in [4.69, 9.17) is 9.47 Å². The predicted molar refractivity (Wildman–Crippen MR) is 97.5 cm³/mol. The molecule has 1 aliphatic rings. The Morgan fingerprint density at radius 3 is 2.46 bits per heavy atom. The molecule has 2 aromatic rings. The molecule has 1 saturated heterocycles. The summed E-state index contributed by atoms with van der Waals surface area (Å²) >= 11 is 0. The van der Waals surface area contributed by atoms with Crippen molar-refractivity contribution in [3.63, 3.8) is 0 Å². The fourth-order valence-electron chi connectivity index (χ4n) is 3.02. The maximum absolute atomic E-state index is 12.5. The number of piperazine rings is 1. The molecule has 0 saturated carbocycles. The summed E-state index contributed by atoms with van der Waals surface area (Å²) in [6.45, 7) is 5.54. The molecule has 3 rings (SSSR count). The van der Waals surface area contributed by atoms with Gasteiger partial charge in [-0.3, -0.25) is 14.7 Å². The van der Waals surface area contributed by atoms with Crippen molar-refractivity contribution >= 4 is 5.91 Å². The van der Waals surface area contributed by atoms with Crippen LogP contribution in [-0.2, 0) is 6.54 Å². The van der Waals surface area contributed by atoms with E-state index in [1.165, 1.54) is 0 Å². The number of carbonyl (C=O) groups excluding carboxylic acids is 1. The molecular weight excluding hydrogens is 332 g/mol. The number of hydrogen-bond acceptors (Lipinski definition) is 6. The molecular formula is C19H24N4O3. The summed E-state index contributed by atoms with van der Waals surface area (Å²) in [5.41, 5.74) is 2.29. The molecule has 0 aliphatic carbocycles. The lowest BCUT2D eigenvalue weighted by atomic mass is 10.1. The standard InChI is InChI=1S/C19H24N4O3/c1-14-11-21-17(12-20-14)19(24)23-8-6-22(7-9-23)13-15-10-16(25-2)4-5-18(15)26-3/h4-5,10-12H,6-9,13H2,1-3H3. The van der Waals surface area contributed by atoms with E-state index in [0.29, 0.717) is 18.8 Å². The van der Waals surface area contributed by atoms with Crippen LogP contribution in [0.1, 0.15) is 21.7 Å². The summed E-state index contributed by atoms with van der Waals surface area (Å²) in [6, 6.07) is 5.81. The molecule has 1 amide bonds. The first-order chi connectivity index (χ1) is 12.6. The smallest absolute Gasteiger partial charge is 0.274 e. The van der Waals surface area contributed by atoms with Gasteiger partial charge in [-0.1, -0.05) is 0 Å². The minimum atomic E-state index is -0.0592. The van der Waals surface area contributed by atoms with E-state index in [-0.39, 0.29) is 5.91 Å². The Hall–Kier alpha value is -2.67. The van der Waals surface area contributed by atoms with Gasteiger partial charge in [-0.05, 0) is 25.1 Å². The van der Waals surface area contributed by atoms with E-state index in [1.807, 2.05) is 30.0 Å². The summed E-state index contributed by atoms with van der Waals surface area (Å²) in [5.74, 6) is 1.60. The van der Waals surface area contributed by atoms with Gasteiger partial charge in [0.1, 0.15) is 17.2 Å². The number of carbonyl (C=O) groups is 1. The maximum Gasteiger partial charge on any atom is 0.274 e. The second-order valence-corrected chi connectivity index (χ2v) is 6.29. The molecule has 0 unspecified atom stereocenters. The summed E-state index contributed by atoms with van der Waals surface area (Å²) in [4.78, 5) is 25.0. The number of ether oxygens (including phenoxy) is 2. The quantitative estimate of drug-likeness (QED) is 0.813. The molecule has 0 radical (unpaired) electrons. The van der Waals surface area contributed by atoms with Crippen LogP contribution in [0.3, 0.4) is 0 Å². The number of rotatable bonds is 5. The summed E-state index contributed by atoms with van der Waals surface area (Å²) in [5, 5.41) is 0. The van der Waals surface area contributed by atoms with Gasteiger partial charge in [0, 0.05) is 44.5 Å². The van der Waals surface area contributed by atoms with Crippen molar-refractivity contribution in [2.75, 3.05) is 40.4 Å². The number of hydrogen-bond donors (Lipinski definition) is 0. The summed E-state index contributed by atoms with van der Waals surface area (Å²) in [6.07, 6.45) is 3.17. The van der Waals surface area contributed by atoms with Gasteiger partial charge in [-0.2, -0.15) is 0 Å². The lowest BCUT2D eigenvalue weighted by molar-refractivity contribution is 0.0621. The molecule has 1 aliphatic heterocycles. The Kier molecular flexibility index (Phi) is 5.68. The molecule has 0 spiro atoms. The molecule has 138 valence electrons. The minimum absolute atomic E-state index is 0.0592. The predicted octanol–water partition coefficient (Wildman–Crippen LogP) is 1.76. The van der Waals surface area contributed by atoms with Gasteiger partial charge in [-0.15, -0.1) is 0 Å². The number of aryl methyl sites for hydroxylation is 1. The highest BCUT2D eigenvalue weighted by Gasteiger charge is 2.23.